The molecule has 0 unspecified atom stereocenters. The molecule has 0 spiro atoms. The minimum atomic E-state index is 0.538. The van der Waals surface area contributed by atoms with Crippen molar-refractivity contribution in [3.8, 4) is 11.5 Å². The van der Waals surface area contributed by atoms with Gasteiger partial charge in [-0.05, 0) is 36.2 Å². The average Bonchev–Trinajstić information content (AvgIpc) is 2.83. The molecule has 3 aromatic rings. The van der Waals surface area contributed by atoms with Crippen LogP contribution in [0, 0.1) is 6.92 Å². The second-order valence-electron chi connectivity index (χ2n) is 4.45. The number of H-pyrrole nitrogens is 1. The molecule has 4 nitrogen and oxygen atoms in total. The number of hydrogen-bond acceptors (Lipinski definition) is 3. The lowest BCUT2D eigenvalue weighted by molar-refractivity contribution is 0.487. The highest BCUT2D eigenvalue weighted by atomic mass is 16.5. The first-order valence-corrected chi connectivity index (χ1v) is 6.17. The van der Waals surface area contributed by atoms with E-state index in [-0.39, 0.29) is 0 Å². The van der Waals surface area contributed by atoms with Gasteiger partial charge in [0.25, 0.3) is 0 Å². The van der Waals surface area contributed by atoms with Gasteiger partial charge in [0.2, 0.25) is 0 Å². The Bertz CT molecular complexity index is 701. The second kappa shape index (κ2) is 4.74. The number of nitrogens with one attached hydrogen (secondary N) is 1. The highest BCUT2D eigenvalue weighted by molar-refractivity contribution is 5.86. The largest absolute Gasteiger partial charge is 0.457 e. The van der Waals surface area contributed by atoms with E-state index in [4.69, 9.17) is 10.5 Å². The fourth-order valence-corrected chi connectivity index (χ4v) is 2.09. The molecule has 0 saturated carbocycles. The number of fused-ring (bicyclic) bond motifs is 1. The van der Waals surface area contributed by atoms with Crippen LogP contribution in [0.5, 0.6) is 11.5 Å². The van der Waals surface area contributed by atoms with Gasteiger partial charge in [0.15, 0.2) is 0 Å². The molecule has 96 valence electrons. The van der Waals surface area contributed by atoms with Gasteiger partial charge in [0, 0.05) is 18.9 Å². The molecule has 1 aromatic carbocycles. The summed E-state index contributed by atoms with van der Waals surface area (Å²) < 4.78 is 5.93. The van der Waals surface area contributed by atoms with Crippen LogP contribution in [0.25, 0.3) is 11.0 Å². The number of aromatic amines is 1. The molecular weight excluding hydrogens is 238 g/mol. The molecule has 3 N–H and O–H groups in total. The standard InChI is InChI=1S/C15H15N3O/c1-10-9-18-15-14(10)13(6-7-17-15)19-12-4-2-11(8-16)3-5-12/h2-7,9H,8,16H2,1H3,(H,17,18). The summed E-state index contributed by atoms with van der Waals surface area (Å²) in [6.45, 7) is 2.57. The van der Waals surface area contributed by atoms with E-state index < -0.39 is 0 Å². The summed E-state index contributed by atoms with van der Waals surface area (Å²) in [5, 5.41) is 1.02. The summed E-state index contributed by atoms with van der Waals surface area (Å²) in [4.78, 5) is 7.40. The zero-order chi connectivity index (χ0) is 13.2. The Balaban J connectivity index is 1.98. The van der Waals surface area contributed by atoms with Crippen LogP contribution in [-0.2, 0) is 6.54 Å². The van der Waals surface area contributed by atoms with Crippen LogP contribution in [0.1, 0.15) is 11.1 Å². The van der Waals surface area contributed by atoms with Crippen molar-refractivity contribution >= 4 is 11.0 Å². The fraction of sp³-hybridized carbons (Fsp3) is 0.133. The van der Waals surface area contributed by atoms with Gasteiger partial charge in [-0.3, -0.25) is 0 Å². The molecule has 0 saturated heterocycles. The second-order valence-corrected chi connectivity index (χ2v) is 4.45. The number of ether oxygens (including phenoxy) is 1. The highest BCUT2D eigenvalue weighted by Crippen LogP contribution is 2.30. The van der Waals surface area contributed by atoms with Gasteiger partial charge in [-0.2, -0.15) is 0 Å². The molecule has 4 heteroatoms. The first kappa shape index (κ1) is 11.7. The maximum Gasteiger partial charge on any atom is 0.141 e. The van der Waals surface area contributed by atoms with Crippen molar-refractivity contribution < 1.29 is 4.74 Å². The summed E-state index contributed by atoms with van der Waals surface area (Å²) in [6, 6.07) is 9.67. The summed E-state index contributed by atoms with van der Waals surface area (Å²) >= 11 is 0. The van der Waals surface area contributed by atoms with Crippen molar-refractivity contribution in [3.63, 3.8) is 0 Å². The van der Waals surface area contributed by atoms with Crippen LogP contribution >= 0.6 is 0 Å². The summed E-state index contributed by atoms with van der Waals surface area (Å²) in [5.74, 6) is 1.61. The number of aryl methyl sites for hydroxylation is 1. The van der Waals surface area contributed by atoms with Gasteiger partial charge in [0.1, 0.15) is 17.1 Å². The van der Waals surface area contributed by atoms with Crippen LogP contribution < -0.4 is 10.5 Å². The number of pyridine rings is 1. The zero-order valence-electron chi connectivity index (χ0n) is 10.7. The molecule has 0 aliphatic rings. The van der Waals surface area contributed by atoms with E-state index in [1.807, 2.05) is 43.5 Å². The molecule has 2 heterocycles. The van der Waals surface area contributed by atoms with Crippen LogP contribution in [0.15, 0.2) is 42.7 Å². The lowest BCUT2D eigenvalue weighted by Gasteiger charge is -2.08. The Labute approximate surface area is 111 Å². The molecule has 3 rings (SSSR count). The van der Waals surface area contributed by atoms with Crippen LogP contribution in [-0.4, -0.2) is 9.97 Å². The molecule has 0 radical (unpaired) electrons. The Morgan fingerprint density at radius 1 is 1.21 bits per heavy atom. The topological polar surface area (TPSA) is 63.9 Å². The van der Waals surface area contributed by atoms with E-state index in [0.29, 0.717) is 6.54 Å². The lowest BCUT2D eigenvalue weighted by Crippen LogP contribution is -1.95. The van der Waals surface area contributed by atoms with Crippen molar-refractivity contribution in [2.24, 2.45) is 5.73 Å². The third kappa shape index (κ3) is 2.18. The number of hydrogen-bond donors (Lipinski definition) is 2. The molecule has 0 bridgehead atoms. The van der Waals surface area contributed by atoms with Crippen molar-refractivity contribution in [3.05, 3.63) is 53.9 Å². The average molecular weight is 253 g/mol. The van der Waals surface area contributed by atoms with E-state index in [1.54, 1.807) is 6.20 Å². The third-order valence-electron chi connectivity index (χ3n) is 3.12. The summed E-state index contributed by atoms with van der Waals surface area (Å²) in [6.07, 6.45) is 3.67. The van der Waals surface area contributed by atoms with Crippen LogP contribution in [0.4, 0.5) is 0 Å². The SMILES string of the molecule is Cc1c[nH]c2nccc(Oc3ccc(CN)cc3)c12. The predicted octanol–water partition coefficient (Wildman–Crippen LogP) is 3.12. The monoisotopic (exact) mass is 253 g/mol. The van der Waals surface area contributed by atoms with Gasteiger partial charge in [0.05, 0.1) is 5.39 Å². The van der Waals surface area contributed by atoms with Crippen molar-refractivity contribution in [2.75, 3.05) is 0 Å². The molecule has 0 atom stereocenters. The molecular formula is C15H15N3O. The van der Waals surface area contributed by atoms with Crippen molar-refractivity contribution in [1.29, 1.82) is 0 Å². The normalized spacial score (nSPS) is 10.8. The van der Waals surface area contributed by atoms with Crippen molar-refractivity contribution in [1.82, 2.24) is 9.97 Å². The van der Waals surface area contributed by atoms with Gasteiger partial charge < -0.3 is 15.5 Å². The smallest absolute Gasteiger partial charge is 0.141 e. The van der Waals surface area contributed by atoms with E-state index in [1.165, 1.54) is 0 Å². The number of nitrogens with two attached hydrogens (primary N) is 1. The van der Waals surface area contributed by atoms with E-state index in [2.05, 4.69) is 9.97 Å². The number of rotatable bonds is 3. The molecule has 0 fully saturated rings. The van der Waals surface area contributed by atoms with Gasteiger partial charge in [-0.25, -0.2) is 4.98 Å². The zero-order valence-corrected chi connectivity index (χ0v) is 10.7. The Morgan fingerprint density at radius 2 is 2.00 bits per heavy atom. The number of aromatic nitrogens is 2. The fourth-order valence-electron chi connectivity index (χ4n) is 2.09. The lowest BCUT2D eigenvalue weighted by atomic mass is 10.2. The van der Waals surface area contributed by atoms with Gasteiger partial charge in [-0.1, -0.05) is 12.1 Å². The third-order valence-corrected chi connectivity index (χ3v) is 3.12. The molecule has 0 aliphatic carbocycles. The molecule has 2 aromatic heterocycles. The number of nitrogens with zero attached hydrogens (tertiary/aromatic N) is 1. The molecule has 0 amide bonds. The van der Waals surface area contributed by atoms with Crippen LogP contribution in [0.2, 0.25) is 0 Å². The van der Waals surface area contributed by atoms with Gasteiger partial charge >= 0.3 is 0 Å². The quantitative estimate of drug-likeness (QED) is 0.753. The predicted molar refractivity (Wildman–Crippen MR) is 75.2 cm³/mol. The van der Waals surface area contributed by atoms with E-state index in [0.717, 1.165) is 33.7 Å². The molecule has 19 heavy (non-hydrogen) atoms. The number of benzene rings is 1. The Hall–Kier alpha value is -2.33. The van der Waals surface area contributed by atoms with E-state index >= 15 is 0 Å². The van der Waals surface area contributed by atoms with Crippen LogP contribution in [0.3, 0.4) is 0 Å². The minimum Gasteiger partial charge on any atom is -0.457 e. The first-order valence-electron chi connectivity index (χ1n) is 6.17. The highest BCUT2D eigenvalue weighted by Gasteiger charge is 2.08. The van der Waals surface area contributed by atoms with Crippen molar-refractivity contribution in [2.45, 2.75) is 13.5 Å². The Kier molecular flexibility index (Phi) is 2.93. The Morgan fingerprint density at radius 3 is 2.74 bits per heavy atom. The maximum atomic E-state index is 5.93. The molecule has 0 aliphatic heterocycles. The minimum absolute atomic E-state index is 0.538. The maximum absolute atomic E-state index is 5.93. The van der Waals surface area contributed by atoms with Gasteiger partial charge in [-0.15, -0.1) is 0 Å². The summed E-state index contributed by atoms with van der Waals surface area (Å²) in [7, 11) is 0. The first-order chi connectivity index (χ1) is 9.28. The summed E-state index contributed by atoms with van der Waals surface area (Å²) in [5.41, 5.74) is 8.63. The van der Waals surface area contributed by atoms with E-state index in [9.17, 15) is 0 Å².